The standard InChI is InChI=1S/C53H60O4.H4O7P2/c1-49(2,38-21-13-9-14-22-38)42-29-31-44(45(33-42)51(5,6)40-25-17-11-18-26-40)48(53(35-54,36-55)37-56)57-47-32-30-43(50(3,4)39-23-15-10-16-24-39)34-46(47)52(7,8)41-27-19-12-20-28-41;1-8(2,3)7-9(4,5)6/h9-34,48,54-56H,35-37H2,1-8H3;(H2,1,2,3)(H2,4,5,6). The van der Waals surface area contributed by atoms with Crippen molar-refractivity contribution in [1.29, 1.82) is 0 Å². The number of hydrogen-bond donors (Lipinski definition) is 7. The van der Waals surface area contributed by atoms with Crippen LogP contribution in [0.4, 0.5) is 0 Å². The molecule has 0 heterocycles. The fourth-order valence-corrected chi connectivity index (χ4v) is 9.58. The lowest BCUT2D eigenvalue weighted by molar-refractivity contribution is -0.0751. The van der Waals surface area contributed by atoms with Gasteiger partial charge in [0.25, 0.3) is 0 Å². The maximum Gasteiger partial charge on any atom is 0.478 e. The summed E-state index contributed by atoms with van der Waals surface area (Å²) in [7, 11) is -10.1. The second-order valence-corrected chi connectivity index (χ2v) is 21.5. The summed E-state index contributed by atoms with van der Waals surface area (Å²) in [5.41, 5.74) is 6.49. The molecule has 7 N–H and O–H groups in total. The molecule has 6 aromatic carbocycles. The second-order valence-electron chi connectivity index (χ2n) is 18.9. The highest BCUT2D eigenvalue weighted by atomic mass is 31.3. The molecule has 11 nitrogen and oxygen atoms in total. The molecule has 0 spiro atoms. The number of hydrogen-bond acceptors (Lipinski definition) is 7. The van der Waals surface area contributed by atoms with Gasteiger partial charge in [-0.2, -0.15) is 4.31 Å². The van der Waals surface area contributed by atoms with Crippen molar-refractivity contribution in [3.05, 3.63) is 208 Å². The Morgan fingerprint density at radius 2 is 0.742 bits per heavy atom. The van der Waals surface area contributed by atoms with Crippen LogP contribution in [0.25, 0.3) is 0 Å². The number of rotatable bonds is 17. The minimum absolute atomic E-state index is 0.319. The zero-order chi connectivity index (χ0) is 48.8. The van der Waals surface area contributed by atoms with Crippen LogP contribution in [-0.4, -0.2) is 54.7 Å². The third-order valence-corrected chi connectivity index (χ3v) is 14.7. The Balaban J connectivity index is 0.000000820. The van der Waals surface area contributed by atoms with Crippen LogP contribution in [0.1, 0.15) is 112 Å². The molecular weight excluding hydrogens is 875 g/mol. The molecule has 6 aromatic rings. The predicted octanol–water partition coefficient (Wildman–Crippen LogP) is 10.3. The van der Waals surface area contributed by atoms with E-state index < -0.39 is 57.8 Å². The molecule has 0 saturated heterocycles. The summed E-state index contributed by atoms with van der Waals surface area (Å²) < 4.78 is 29.6. The van der Waals surface area contributed by atoms with E-state index in [-0.39, 0.29) is 10.8 Å². The molecular formula is C53H64O11P2. The fraction of sp³-hybridized carbons (Fsp3) is 0.321. The van der Waals surface area contributed by atoms with E-state index >= 15 is 0 Å². The van der Waals surface area contributed by atoms with Crippen molar-refractivity contribution in [1.82, 2.24) is 0 Å². The minimum Gasteiger partial charge on any atom is -0.485 e. The SMILES string of the molecule is CC(C)(c1ccccc1)c1ccc(OC(c2ccc(C(C)(C)c3ccccc3)cc2C(C)(C)c2ccccc2)C(CO)(CO)CO)c(C(C)(C)c2ccccc2)c1.O=P(O)(O)OP(=O)(O)O. The van der Waals surface area contributed by atoms with E-state index in [2.05, 4.69) is 187 Å². The Kier molecular flexibility index (Phi) is 16.3. The first kappa shape index (κ1) is 52.2. The quantitative estimate of drug-likeness (QED) is 0.0430. The van der Waals surface area contributed by atoms with Crippen molar-refractivity contribution in [2.75, 3.05) is 19.8 Å². The molecule has 0 fully saturated rings. The van der Waals surface area contributed by atoms with Gasteiger partial charge in [0, 0.05) is 27.2 Å². The third-order valence-electron chi connectivity index (χ3n) is 13.0. The van der Waals surface area contributed by atoms with E-state index in [0.717, 1.165) is 38.9 Å². The zero-order valence-electron chi connectivity index (χ0n) is 38.9. The van der Waals surface area contributed by atoms with E-state index in [1.807, 2.05) is 30.3 Å². The van der Waals surface area contributed by atoms with Gasteiger partial charge < -0.3 is 39.6 Å². The summed E-state index contributed by atoms with van der Waals surface area (Å²) in [5.74, 6) is 0.623. The van der Waals surface area contributed by atoms with Gasteiger partial charge in [0.2, 0.25) is 0 Å². The average molecular weight is 939 g/mol. The van der Waals surface area contributed by atoms with Crippen LogP contribution >= 0.6 is 15.6 Å². The first-order valence-corrected chi connectivity index (χ1v) is 24.7. The summed E-state index contributed by atoms with van der Waals surface area (Å²) in [6.07, 6.45) is -0.942. The van der Waals surface area contributed by atoms with Gasteiger partial charge in [0.15, 0.2) is 0 Å². The van der Waals surface area contributed by atoms with Gasteiger partial charge >= 0.3 is 15.6 Å². The molecule has 0 saturated carbocycles. The Morgan fingerprint density at radius 3 is 1.08 bits per heavy atom. The smallest absolute Gasteiger partial charge is 0.478 e. The summed E-state index contributed by atoms with van der Waals surface area (Å²) >= 11 is 0. The molecule has 6 rings (SSSR count). The van der Waals surface area contributed by atoms with E-state index in [0.29, 0.717) is 5.75 Å². The molecule has 0 amide bonds. The first-order valence-electron chi connectivity index (χ1n) is 21.7. The number of ether oxygens (including phenoxy) is 1. The number of phosphoric acid groups is 2. The van der Waals surface area contributed by atoms with Gasteiger partial charge in [-0.25, -0.2) is 9.13 Å². The lowest BCUT2D eigenvalue weighted by Gasteiger charge is -2.41. The largest absolute Gasteiger partial charge is 0.485 e. The summed E-state index contributed by atoms with van der Waals surface area (Å²) in [5, 5.41) is 33.6. The molecule has 0 aliphatic carbocycles. The minimum atomic E-state index is -5.05. The Morgan fingerprint density at radius 1 is 0.424 bits per heavy atom. The molecule has 1 atom stereocenters. The molecule has 1 unspecified atom stereocenters. The van der Waals surface area contributed by atoms with Crippen LogP contribution < -0.4 is 4.74 Å². The van der Waals surface area contributed by atoms with Crippen molar-refractivity contribution in [3.8, 4) is 5.75 Å². The van der Waals surface area contributed by atoms with E-state index in [4.69, 9.17) is 24.3 Å². The molecule has 0 aliphatic heterocycles. The van der Waals surface area contributed by atoms with E-state index in [1.54, 1.807) is 0 Å². The van der Waals surface area contributed by atoms with Crippen LogP contribution in [0.2, 0.25) is 0 Å². The molecule has 0 bridgehead atoms. The van der Waals surface area contributed by atoms with Crippen molar-refractivity contribution in [2.45, 2.75) is 83.2 Å². The van der Waals surface area contributed by atoms with Crippen LogP contribution in [0.3, 0.4) is 0 Å². The topological polar surface area (TPSA) is 194 Å². The van der Waals surface area contributed by atoms with Gasteiger partial charge in [0.05, 0.1) is 25.2 Å². The molecule has 66 heavy (non-hydrogen) atoms. The van der Waals surface area contributed by atoms with Crippen molar-refractivity contribution < 1.29 is 53.1 Å². The lowest BCUT2D eigenvalue weighted by Crippen LogP contribution is -2.44. The highest BCUT2D eigenvalue weighted by molar-refractivity contribution is 7.60. The number of benzene rings is 6. The van der Waals surface area contributed by atoms with Gasteiger partial charge in [-0.05, 0) is 50.6 Å². The highest BCUT2D eigenvalue weighted by Crippen LogP contribution is 2.54. The van der Waals surface area contributed by atoms with E-state index in [1.165, 1.54) is 11.1 Å². The molecule has 0 aromatic heterocycles. The predicted molar refractivity (Wildman–Crippen MR) is 259 cm³/mol. The Labute approximate surface area is 389 Å². The normalized spacial score (nSPS) is 13.4. The van der Waals surface area contributed by atoms with Gasteiger partial charge in [-0.1, -0.05) is 207 Å². The average Bonchev–Trinajstić information content (AvgIpc) is 3.29. The van der Waals surface area contributed by atoms with Crippen LogP contribution in [0.5, 0.6) is 5.75 Å². The van der Waals surface area contributed by atoms with Crippen LogP contribution in [0.15, 0.2) is 158 Å². The Bertz CT molecular complexity index is 2570. The first-order chi connectivity index (χ1) is 30.8. The maximum atomic E-state index is 11.2. The maximum absolute atomic E-state index is 11.2. The molecule has 0 aliphatic rings. The van der Waals surface area contributed by atoms with Crippen LogP contribution in [-0.2, 0) is 35.1 Å². The third kappa shape index (κ3) is 11.9. The van der Waals surface area contributed by atoms with Gasteiger partial charge in [-0.3, -0.25) is 0 Å². The summed E-state index contributed by atoms with van der Waals surface area (Å²) in [4.78, 5) is 31.0. The summed E-state index contributed by atoms with van der Waals surface area (Å²) in [6, 6.07) is 54.8. The second kappa shape index (κ2) is 20.6. The van der Waals surface area contributed by atoms with E-state index in [9.17, 15) is 24.4 Å². The van der Waals surface area contributed by atoms with Crippen molar-refractivity contribution in [3.63, 3.8) is 0 Å². The highest BCUT2D eigenvalue weighted by Gasteiger charge is 2.45. The molecule has 0 radical (unpaired) electrons. The lowest BCUT2D eigenvalue weighted by atomic mass is 9.68. The van der Waals surface area contributed by atoms with Gasteiger partial charge in [-0.15, -0.1) is 0 Å². The number of aliphatic hydroxyl groups is 3. The number of aliphatic hydroxyl groups excluding tert-OH is 3. The monoisotopic (exact) mass is 938 g/mol. The fourth-order valence-electron chi connectivity index (χ4n) is 8.47. The summed E-state index contributed by atoms with van der Waals surface area (Å²) in [6.45, 7) is 16.3. The molecule has 13 heteroatoms. The van der Waals surface area contributed by atoms with Crippen molar-refractivity contribution >= 4 is 15.6 Å². The van der Waals surface area contributed by atoms with Crippen LogP contribution in [0, 0.1) is 5.41 Å². The van der Waals surface area contributed by atoms with Crippen molar-refractivity contribution in [2.24, 2.45) is 5.41 Å². The zero-order valence-corrected chi connectivity index (χ0v) is 40.7. The Hall–Kier alpha value is -4.74. The molecule has 352 valence electrons. The van der Waals surface area contributed by atoms with Gasteiger partial charge in [0.1, 0.15) is 11.9 Å².